The molecule has 0 aliphatic heterocycles. The van der Waals surface area contributed by atoms with Crippen LogP contribution in [0, 0.1) is 0 Å². The van der Waals surface area contributed by atoms with Gasteiger partial charge in [-0.05, 0) is 68.4 Å². The maximum absolute atomic E-state index is 13.1. The molecule has 0 fully saturated rings. The van der Waals surface area contributed by atoms with Crippen molar-refractivity contribution in [2.75, 3.05) is 19.8 Å². The van der Waals surface area contributed by atoms with Crippen LogP contribution >= 0.6 is 0 Å². The average molecular weight is 637 g/mol. The first kappa shape index (κ1) is 33.2. The molecule has 0 N–H and O–H groups in total. The second-order valence-corrected chi connectivity index (χ2v) is 10.5. The van der Waals surface area contributed by atoms with Crippen LogP contribution in [0.4, 0.5) is 17.1 Å². The molecule has 0 bridgehead atoms. The molecule has 0 aliphatic rings. The molecule has 0 heterocycles. The van der Waals surface area contributed by atoms with Crippen molar-refractivity contribution in [1.29, 1.82) is 0 Å². The molecular weight excluding hydrogens is 604 g/mol. The molecule has 46 heavy (non-hydrogen) atoms. The standard InChI is InChI=1S/C33H32N6O6Si/c1-4-43-25-16-10-7-13-21(25)31(40)37-34-24-19-20-28(46)30(36-39-33(42)23-15-9-12-18-27(23)45-6-3)29(24)35-38-32(41)22-14-8-11-17-26(22)44-5-2/h7-20H,4-6H2,1-3,46H3. The SMILES string of the molecule is CCOc1ccccc1C(=O)N=Nc1ccc([SiH3])c(N=NC(=O)c2ccccc2OCC)c1N=NC(=O)c1ccccc1OCC. The molecule has 4 aromatic rings. The number of para-hydroxylation sites is 3. The summed E-state index contributed by atoms with van der Waals surface area (Å²) in [5.41, 5.74) is 0.876. The molecule has 0 radical (unpaired) electrons. The maximum Gasteiger partial charge on any atom is 0.299 e. The van der Waals surface area contributed by atoms with Crippen molar-refractivity contribution in [3.8, 4) is 17.2 Å². The molecule has 12 nitrogen and oxygen atoms in total. The molecule has 0 aliphatic carbocycles. The third kappa shape index (κ3) is 8.27. The van der Waals surface area contributed by atoms with Gasteiger partial charge in [0.05, 0.1) is 36.5 Å². The lowest BCUT2D eigenvalue weighted by Crippen LogP contribution is -2.04. The minimum Gasteiger partial charge on any atom is -0.493 e. The summed E-state index contributed by atoms with van der Waals surface area (Å²) in [7, 11) is 0.458. The van der Waals surface area contributed by atoms with Crippen LogP contribution in [0.5, 0.6) is 17.2 Å². The fourth-order valence-electron chi connectivity index (χ4n) is 4.20. The van der Waals surface area contributed by atoms with E-state index in [1.807, 2.05) is 6.92 Å². The fraction of sp³-hybridized carbons (Fsp3) is 0.182. The van der Waals surface area contributed by atoms with Crippen molar-refractivity contribution in [2.24, 2.45) is 30.7 Å². The minimum atomic E-state index is -0.683. The summed E-state index contributed by atoms with van der Waals surface area (Å²) < 4.78 is 16.7. The van der Waals surface area contributed by atoms with Crippen molar-refractivity contribution < 1.29 is 28.6 Å². The second-order valence-electron chi connectivity index (χ2n) is 9.40. The summed E-state index contributed by atoms with van der Waals surface area (Å²) in [4.78, 5) is 39.3. The molecular formula is C33H32N6O6Si. The number of benzene rings is 4. The summed E-state index contributed by atoms with van der Waals surface area (Å²) in [5.74, 6) is -0.909. The molecule has 0 saturated heterocycles. The third-order valence-corrected chi connectivity index (χ3v) is 7.12. The first-order valence-electron chi connectivity index (χ1n) is 14.5. The molecule has 0 atom stereocenters. The Morgan fingerprint density at radius 2 is 0.891 bits per heavy atom. The van der Waals surface area contributed by atoms with Crippen LogP contribution in [-0.2, 0) is 0 Å². The number of rotatable bonds is 12. The van der Waals surface area contributed by atoms with Gasteiger partial charge in [0.1, 0.15) is 34.3 Å². The summed E-state index contributed by atoms with van der Waals surface area (Å²) in [6, 6.07) is 23.3. The van der Waals surface area contributed by atoms with Crippen LogP contribution in [-0.4, -0.2) is 47.8 Å². The Balaban J connectivity index is 1.77. The smallest absolute Gasteiger partial charge is 0.299 e. The number of amides is 3. The van der Waals surface area contributed by atoms with Crippen LogP contribution in [0.1, 0.15) is 51.8 Å². The Hall–Kier alpha value is -5.69. The predicted molar refractivity (Wildman–Crippen MR) is 175 cm³/mol. The number of carbonyl (C=O) groups excluding carboxylic acids is 3. The first-order valence-corrected chi connectivity index (χ1v) is 15.5. The number of nitrogens with zero attached hydrogens (tertiary/aromatic N) is 6. The largest absolute Gasteiger partial charge is 0.493 e. The van der Waals surface area contributed by atoms with Crippen molar-refractivity contribution in [3.63, 3.8) is 0 Å². The number of carbonyl (C=O) groups is 3. The van der Waals surface area contributed by atoms with E-state index in [0.717, 1.165) is 0 Å². The Kier molecular flexibility index (Phi) is 11.8. The lowest BCUT2D eigenvalue weighted by atomic mass is 10.2. The van der Waals surface area contributed by atoms with E-state index in [0.29, 0.717) is 52.5 Å². The van der Waals surface area contributed by atoms with E-state index >= 15 is 0 Å². The zero-order valence-corrected chi connectivity index (χ0v) is 27.8. The normalized spacial score (nSPS) is 11.4. The maximum atomic E-state index is 13.1. The highest BCUT2D eigenvalue weighted by molar-refractivity contribution is 6.36. The van der Waals surface area contributed by atoms with Crippen LogP contribution in [0.2, 0.25) is 0 Å². The molecule has 234 valence electrons. The zero-order valence-electron chi connectivity index (χ0n) is 25.8. The van der Waals surface area contributed by atoms with Gasteiger partial charge in [0.25, 0.3) is 17.7 Å². The highest BCUT2D eigenvalue weighted by atomic mass is 28.1. The lowest BCUT2D eigenvalue weighted by molar-refractivity contribution is 0.0982. The monoisotopic (exact) mass is 636 g/mol. The molecule has 13 heteroatoms. The van der Waals surface area contributed by atoms with Gasteiger partial charge in [-0.15, -0.1) is 30.7 Å². The van der Waals surface area contributed by atoms with E-state index < -0.39 is 17.7 Å². The van der Waals surface area contributed by atoms with Crippen LogP contribution in [0.25, 0.3) is 0 Å². The molecule has 0 saturated carbocycles. The van der Waals surface area contributed by atoms with Gasteiger partial charge >= 0.3 is 0 Å². The summed E-state index contributed by atoms with van der Waals surface area (Å²) in [5, 5.41) is 25.0. The Bertz CT molecular complexity index is 1820. The van der Waals surface area contributed by atoms with E-state index in [9.17, 15) is 14.4 Å². The van der Waals surface area contributed by atoms with Gasteiger partial charge < -0.3 is 14.2 Å². The molecule has 0 aromatic heterocycles. The van der Waals surface area contributed by atoms with Crippen LogP contribution < -0.4 is 19.4 Å². The van der Waals surface area contributed by atoms with Crippen LogP contribution in [0.3, 0.4) is 0 Å². The van der Waals surface area contributed by atoms with Crippen molar-refractivity contribution in [3.05, 3.63) is 102 Å². The fourth-order valence-corrected chi connectivity index (χ4v) is 4.70. The Labute approximate surface area is 268 Å². The Morgan fingerprint density at radius 1 is 0.522 bits per heavy atom. The van der Waals surface area contributed by atoms with Gasteiger partial charge in [-0.25, -0.2) is 0 Å². The molecule has 4 aromatic carbocycles. The van der Waals surface area contributed by atoms with Gasteiger partial charge in [0, 0.05) is 10.2 Å². The van der Waals surface area contributed by atoms with Gasteiger partial charge in [-0.1, -0.05) is 42.5 Å². The van der Waals surface area contributed by atoms with Gasteiger partial charge in [-0.3, -0.25) is 14.4 Å². The highest BCUT2D eigenvalue weighted by Gasteiger charge is 2.18. The Morgan fingerprint density at radius 3 is 1.30 bits per heavy atom. The van der Waals surface area contributed by atoms with E-state index in [2.05, 4.69) is 30.7 Å². The average Bonchev–Trinajstić information content (AvgIpc) is 3.07. The lowest BCUT2D eigenvalue weighted by Gasteiger charge is -2.08. The summed E-state index contributed by atoms with van der Waals surface area (Å²) in [6.07, 6.45) is 0. The minimum absolute atomic E-state index is 0.000900. The van der Waals surface area contributed by atoms with Gasteiger partial charge in [0.15, 0.2) is 0 Å². The summed E-state index contributed by atoms with van der Waals surface area (Å²) in [6.45, 7) is 6.48. The number of hydrogen-bond acceptors (Lipinski definition) is 9. The quantitative estimate of drug-likeness (QED) is 0.125. The third-order valence-electron chi connectivity index (χ3n) is 6.31. The van der Waals surface area contributed by atoms with E-state index in [4.69, 9.17) is 14.2 Å². The van der Waals surface area contributed by atoms with Gasteiger partial charge in [-0.2, -0.15) is 0 Å². The topological polar surface area (TPSA) is 153 Å². The van der Waals surface area contributed by atoms with E-state index in [1.54, 1.807) is 98.8 Å². The van der Waals surface area contributed by atoms with Crippen molar-refractivity contribution in [1.82, 2.24) is 0 Å². The second kappa shape index (κ2) is 16.4. The molecule has 3 amide bonds. The van der Waals surface area contributed by atoms with Gasteiger partial charge in [0.2, 0.25) is 0 Å². The number of hydrogen-bond donors (Lipinski definition) is 0. The zero-order chi connectivity index (χ0) is 32.9. The first-order chi connectivity index (χ1) is 22.4. The predicted octanol–water partition coefficient (Wildman–Crippen LogP) is 6.65. The number of ether oxygens (including phenoxy) is 3. The molecule has 0 unspecified atom stereocenters. The van der Waals surface area contributed by atoms with Crippen LogP contribution in [0.15, 0.2) is 116 Å². The number of azo groups is 3. The molecule has 4 rings (SSSR count). The highest BCUT2D eigenvalue weighted by Crippen LogP contribution is 2.38. The summed E-state index contributed by atoms with van der Waals surface area (Å²) >= 11 is 0. The van der Waals surface area contributed by atoms with Crippen molar-refractivity contribution in [2.45, 2.75) is 20.8 Å². The van der Waals surface area contributed by atoms with Crippen molar-refractivity contribution >= 4 is 50.2 Å². The van der Waals surface area contributed by atoms with E-state index in [1.165, 1.54) is 0 Å². The van der Waals surface area contributed by atoms with E-state index in [-0.39, 0.29) is 33.8 Å². The molecule has 0 spiro atoms.